The minimum Gasteiger partial charge on any atom is -0.399 e. The van der Waals surface area contributed by atoms with Crippen molar-refractivity contribution in [1.82, 2.24) is 4.90 Å². The Bertz CT molecular complexity index is 603. The fraction of sp³-hybridized carbons (Fsp3) is 0.714. The third-order valence-corrected chi connectivity index (χ3v) is 6.71. The molecule has 5 heteroatoms. The predicted octanol–water partition coefficient (Wildman–Crippen LogP) is 2.91. The van der Waals surface area contributed by atoms with Gasteiger partial charge in [-0.05, 0) is 64.2 Å². The number of piperazine rings is 1. The van der Waals surface area contributed by atoms with E-state index in [1.807, 2.05) is 0 Å². The Morgan fingerprint density at radius 2 is 1.50 bits per heavy atom. The van der Waals surface area contributed by atoms with Gasteiger partial charge in [-0.1, -0.05) is 25.0 Å². The van der Waals surface area contributed by atoms with E-state index in [9.17, 15) is 0 Å². The summed E-state index contributed by atoms with van der Waals surface area (Å²) in [4.78, 5) is 5.13. The summed E-state index contributed by atoms with van der Waals surface area (Å²) in [6.45, 7) is 14.3. The first kappa shape index (κ1) is 18.3. The summed E-state index contributed by atoms with van der Waals surface area (Å²) < 4.78 is 12.3. The summed E-state index contributed by atoms with van der Waals surface area (Å²) in [6, 6.07) is 8.77. The highest BCUT2D eigenvalue weighted by molar-refractivity contribution is 6.62. The number of hydrogen-bond donors (Lipinski definition) is 0. The zero-order chi connectivity index (χ0) is 18.4. The Labute approximate surface area is 159 Å². The molecule has 1 aromatic rings. The van der Waals surface area contributed by atoms with Gasteiger partial charge in [-0.3, -0.25) is 4.90 Å². The van der Waals surface area contributed by atoms with Crippen molar-refractivity contribution < 1.29 is 9.31 Å². The molecule has 0 amide bonds. The molecule has 142 valence electrons. The van der Waals surface area contributed by atoms with Crippen molar-refractivity contribution in [3.05, 3.63) is 24.3 Å². The van der Waals surface area contributed by atoms with Gasteiger partial charge in [0.25, 0.3) is 0 Å². The van der Waals surface area contributed by atoms with Crippen molar-refractivity contribution in [2.45, 2.75) is 58.2 Å². The van der Waals surface area contributed by atoms with Gasteiger partial charge >= 0.3 is 7.12 Å². The second kappa shape index (κ2) is 6.85. The Morgan fingerprint density at radius 1 is 0.923 bits per heavy atom. The highest BCUT2D eigenvalue weighted by atomic mass is 16.7. The van der Waals surface area contributed by atoms with Crippen LogP contribution in [0.5, 0.6) is 0 Å². The Balaban J connectivity index is 1.32. The zero-order valence-corrected chi connectivity index (χ0v) is 16.8. The molecule has 0 unspecified atom stereocenters. The first-order valence-corrected chi connectivity index (χ1v) is 10.3. The highest BCUT2D eigenvalue weighted by Crippen LogP contribution is 2.36. The smallest absolute Gasteiger partial charge is 0.399 e. The minimum absolute atomic E-state index is 0.270. The quantitative estimate of drug-likeness (QED) is 0.758. The lowest BCUT2D eigenvalue weighted by molar-refractivity contribution is 0.00578. The molecule has 3 aliphatic rings. The number of benzene rings is 1. The summed E-state index contributed by atoms with van der Waals surface area (Å²) >= 11 is 0. The molecule has 0 aromatic heterocycles. The number of hydrogen-bond acceptors (Lipinski definition) is 4. The van der Waals surface area contributed by atoms with Gasteiger partial charge in [0, 0.05) is 31.9 Å². The van der Waals surface area contributed by atoms with Crippen molar-refractivity contribution in [3.63, 3.8) is 0 Å². The predicted molar refractivity (Wildman–Crippen MR) is 108 cm³/mol. The van der Waals surface area contributed by atoms with Gasteiger partial charge in [0.2, 0.25) is 0 Å². The van der Waals surface area contributed by atoms with Crippen LogP contribution in [0.3, 0.4) is 0 Å². The van der Waals surface area contributed by atoms with Crippen molar-refractivity contribution >= 4 is 18.3 Å². The van der Waals surface area contributed by atoms with Gasteiger partial charge in [0.1, 0.15) is 0 Å². The van der Waals surface area contributed by atoms with Crippen LogP contribution in [0.4, 0.5) is 5.69 Å². The monoisotopic (exact) mass is 356 g/mol. The van der Waals surface area contributed by atoms with Gasteiger partial charge < -0.3 is 14.2 Å². The highest BCUT2D eigenvalue weighted by Gasteiger charge is 2.51. The van der Waals surface area contributed by atoms with Crippen LogP contribution in [-0.2, 0) is 9.31 Å². The van der Waals surface area contributed by atoms with Crippen LogP contribution in [0.25, 0.3) is 0 Å². The van der Waals surface area contributed by atoms with E-state index in [1.165, 1.54) is 44.6 Å². The third-order valence-electron chi connectivity index (χ3n) is 6.71. The normalized spacial score (nSPS) is 25.7. The van der Waals surface area contributed by atoms with Crippen molar-refractivity contribution in [2.24, 2.45) is 5.92 Å². The second-order valence-electron chi connectivity index (χ2n) is 9.24. The topological polar surface area (TPSA) is 24.9 Å². The van der Waals surface area contributed by atoms with Crippen LogP contribution in [0, 0.1) is 5.92 Å². The van der Waals surface area contributed by atoms with Gasteiger partial charge in [-0.15, -0.1) is 0 Å². The van der Waals surface area contributed by atoms with Crippen molar-refractivity contribution in [3.8, 4) is 0 Å². The lowest BCUT2D eigenvalue weighted by atomic mass is 9.79. The van der Waals surface area contributed by atoms with Crippen molar-refractivity contribution in [2.75, 3.05) is 37.6 Å². The molecule has 0 atom stereocenters. The first-order valence-electron chi connectivity index (χ1n) is 10.3. The maximum absolute atomic E-state index is 6.16. The molecule has 0 N–H and O–H groups in total. The lowest BCUT2D eigenvalue weighted by Gasteiger charge is -2.36. The molecule has 0 radical (unpaired) electrons. The van der Waals surface area contributed by atoms with Gasteiger partial charge in [0.15, 0.2) is 0 Å². The molecule has 1 saturated carbocycles. The summed E-state index contributed by atoms with van der Waals surface area (Å²) in [5.74, 6) is 1.04. The van der Waals surface area contributed by atoms with Crippen molar-refractivity contribution in [1.29, 1.82) is 0 Å². The largest absolute Gasteiger partial charge is 0.494 e. The molecule has 4 nitrogen and oxygen atoms in total. The summed E-state index contributed by atoms with van der Waals surface area (Å²) in [5, 5.41) is 0. The lowest BCUT2D eigenvalue weighted by Crippen LogP contribution is -2.46. The summed E-state index contributed by atoms with van der Waals surface area (Å²) in [7, 11) is -0.270. The molecule has 2 saturated heterocycles. The molecular weight excluding hydrogens is 323 g/mol. The van der Waals surface area contributed by atoms with Crippen LogP contribution in [0.15, 0.2) is 24.3 Å². The van der Waals surface area contributed by atoms with E-state index in [4.69, 9.17) is 9.31 Å². The number of anilines is 1. The summed E-state index contributed by atoms with van der Waals surface area (Å²) in [6.07, 6.45) is 4.34. The zero-order valence-electron chi connectivity index (χ0n) is 16.8. The third kappa shape index (κ3) is 3.80. The maximum Gasteiger partial charge on any atom is 0.494 e. The molecule has 1 aliphatic carbocycles. The van der Waals surface area contributed by atoms with Gasteiger partial charge in [-0.2, -0.15) is 0 Å². The van der Waals surface area contributed by atoms with Crippen LogP contribution in [0.2, 0.25) is 0 Å². The molecule has 0 spiro atoms. The SMILES string of the molecule is CC1(C)OB(c2ccc(N3CCN(CCC4CC4)CC3)cc2)OC1(C)C. The fourth-order valence-electron chi connectivity index (χ4n) is 3.82. The Kier molecular flexibility index (Phi) is 4.83. The van der Waals surface area contributed by atoms with E-state index in [-0.39, 0.29) is 18.3 Å². The standard InChI is InChI=1S/C21H33BN2O2/c1-20(2)21(3,4)26-22(25-20)18-7-9-19(10-8-18)24-15-13-23(14-16-24)12-11-17-5-6-17/h7-10,17H,5-6,11-16H2,1-4H3. The first-order chi connectivity index (χ1) is 12.3. The second-order valence-corrected chi connectivity index (χ2v) is 9.24. The molecule has 4 rings (SSSR count). The van der Waals surface area contributed by atoms with Crippen LogP contribution in [0.1, 0.15) is 47.0 Å². The van der Waals surface area contributed by atoms with Crippen LogP contribution in [-0.4, -0.2) is 55.9 Å². The van der Waals surface area contributed by atoms with E-state index >= 15 is 0 Å². The summed E-state index contributed by atoms with van der Waals surface area (Å²) in [5.41, 5.74) is 1.85. The van der Waals surface area contributed by atoms with E-state index < -0.39 is 0 Å². The minimum atomic E-state index is -0.285. The molecule has 0 bridgehead atoms. The maximum atomic E-state index is 6.16. The molecule has 1 aromatic carbocycles. The average molecular weight is 356 g/mol. The van der Waals surface area contributed by atoms with Gasteiger partial charge in [0.05, 0.1) is 11.2 Å². The molecule has 2 aliphatic heterocycles. The Morgan fingerprint density at radius 3 is 2.04 bits per heavy atom. The fourth-order valence-corrected chi connectivity index (χ4v) is 3.82. The van der Waals surface area contributed by atoms with E-state index in [0.29, 0.717) is 0 Å². The van der Waals surface area contributed by atoms with Gasteiger partial charge in [-0.25, -0.2) is 0 Å². The average Bonchev–Trinajstić information content (AvgIpc) is 3.40. The molecule has 26 heavy (non-hydrogen) atoms. The van der Waals surface area contributed by atoms with E-state index in [2.05, 4.69) is 61.8 Å². The number of nitrogens with zero attached hydrogens (tertiary/aromatic N) is 2. The molecule has 2 heterocycles. The number of rotatable bonds is 5. The van der Waals surface area contributed by atoms with Crippen LogP contribution >= 0.6 is 0 Å². The molecular formula is C21H33BN2O2. The van der Waals surface area contributed by atoms with E-state index in [0.717, 1.165) is 24.5 Å². The Hall–Kier alpha value is -1.04. The molecule has 3 fully saturated rings. The van der Waals surface area contributed by atoms with Crippen LogP contribution < -0.4 is 10.4 Å². The van der Waals surface area contributed by atoms with E-state index in [1.54, 1.807) is 0 Å².